The molecule has 0 radical (unpaired) electrons. The number of carbonyl (C=O) groups excluding carboxylic acids is 3. The molecule has 1 fully saturated rings. The highest BCUT2D eigenvalue weighted by Gasteiger charge is 2.32. The number of thioether (sulfide) groups is 1. The number of nitrogens with one attached hydrogen (secondary N) is 3. The standard InChI is InChI=1S/C41H48N4O6S/c1-28(47)44-33-20-22-35(23-21-33)52-27-34-24-38(31-16-14-30(26-46)15-17-31)51-41(50-34)32-18-12-29(13-19-32)25-43-39(48)10-4-2-3-5-11-40(49)45-37-9-7-6-8-36(37)42/h6-9,12-23,34,38,41,46H,2-5,10-11,24-27,42H2,1H3,(H,43,48)(H,44,47)(H,45,49)/t34-,38+,41+/m0/s1. The predicted molar refractivity (Wildman–Crippen MR) is 205 cm³/mol. The molecule has 1 heterocycles. The van der Waals surface area contributed by atoms with Crippen molar-refractivity contribution in [3.05, 3.63) is 119 Å². The summed E-state index contributed by atoms with van der Waals surface area (Å²) < 4.78 is 13.0. The van der Waals surface area contributed by atoms with Crippen molar-refractivity contribution in [2.45, 2.75) is 88.4 Å². The quantitative estimate of drug-likeness (QED) is 0.0423. The summed E-state index contributed by atoms with van der Waals surface area (Å²) in [6.45, 7) is 1.90. The van der Waals surface area contributed by atoms with Crippen molar-refractivity contribution in [1.29, 1.82) is 0 Å². The number of benzene rings is 4. The van der Waals surface area contributed by atoms with E-state index in [0.717, 1.165) is 58.5 Å². The molecule has 6 N–H and O–H groups in total. The molecule has 1 aliphatic rings. The van der Waals surface area contributed by atoms with Gasteiger partial charge in [0.1, 0.15) is 0 Å². The molecule has 5 rings (SSSR count). The Morgan fingerprint density at radius 2 is 1.42 bits per heavy atom. The Hall–Kier alpha value is -4.68. The maximum atomic E-state index is 12.5. The number of rotatable bonds is 17. The summed E-state index contributed by atoms with van der Waals surface area (Å²) in [7, 11) is 0. The van der Waals surface area contributed by atoms with E-state index in [4.69, 9.17) is 15.2 Å². The molecule has 0 bridgehead atoms. The zero-order valence-electron chi connectivity index (χ0n) is 29.5. The summed E-state index contributed by atoms with van der Waals surface area (Å²) in [6.07, 6.45) is 3.95. The molecule has 0 aliphatic carbocycles. The Morgan fingerprint density at radius 3 is 2.10 bits per heavy atom. The van der Waals surface area contributed by atoms with Crippen molar-refractivity contribution >= 4 is 46.5 Å². The topological polar surface area (TPSA) is 152 Å². The van der Waals surface area contributed by atoms with Crippen molar-refractivity contribution in [2.24, 2.45) is 0 Å². The lowest BCUT2D eigenvalue weighted by atomic mass is 10.0. The normalized spacial score (nSPS) is 16.9. The van der Waals surface area contributed by atoms with Crippen molar-refractivity contribution in [3.63, 3.8) is 0 Å². The SMILES string of the molecule is CC(=O)Nc1ccc(SC[C@@H]2C[C@H](c3ccc(CO)cc3)O[C@H](c3ccc(CNC(=O)CCCCCCC(=O)Nc4ccccc4N)cc3)O2)cc1. The van der Waals surface area contributed by atoms with Gasteiger partial charge in [-0.25, -0.2) is 0 Å². The summed E-state index contributed by atoms with van der Waals surface area (Å²) in [5.41, 5.74) is 11.6. The average Bonchev–Trinajstić information content (AvgIpc) is 3.16. The lowest BCUT2D eigenvalue weighted by Gasteiger charge is -2.36. The van der Waals surface area contributed by atoms with Crippen LogP contribution in [-0.2, 0) is 37.0 Å². The fourth-order valence-corrected chi connectivity index (χ4v) is 6.80. The van der Waals surface area contributed by atoms with Crippen LogP contribution in [0.2, 0.25) is 0 Å². The van der Waals surface area contributed by atoms with E-state index in [2.05, 4.69) is 16.0 Å². The lowest BCUT2D eigenvalue weighted by molar-refractivity contribution is -0.245. The Bertz CT molecular complexity index is 1750. The minimum absolute atomic E-state index is 0.000440. The fraction of sp³-hybridized carbons (Fsp3) is 0.341. The van der Waals surface area contributed by atoms with Crippen LogP contribution in [0, 0.1) is 0 Å². The second kappa shape index (κ2) is 19.8. The molecule has 274 valence electrons. The van der Waals surface area contributed by atoms with Gasteiger partial charge in [0.25, 0.3) is 0 Å². The molecule has 4 aromatic carbocycles. The second-order valence-electron chi connectivity index (χ2n) is 12.9. The molecule has 0 saturated carbocycles. The number of nitrogen functional groups attached to an aromatic ring is 1. The molecule has 4 aromatic rings. The van der Waals surface area contributed by atoms with Crippen LogP contribution in [0.4, 0.5) is 17.1 Å². The second-order valence-corrected chi connectivity index (χ2v) is 14.0. The van der Waals surface area contributed by atoms with Gasteiger partial charge < -0.3 is 36.3 Å². The molecule has 1 saturated heterocycles. The van der Waals surface area contributed by atoms with Crippen molar-refractivity contribution in [2.75, 3.05) is 22.1 Å². The molecule has 11 heteroatoms. The Balaban J connectivity index is 1.07. The van der Waals surface area contributed by atoms with E-state index in [1.807, 2.05) is 84.9 Å². The molecule has 52 heavy (non-hydrogen) atoms. The van der Waals surface area contributed by atoms with Crippen LogP contribution in [0.5, 0.6) is 0 Å². The summed E-state index contributed by atoms with van der Waals surface area (Å²) in [5.74, 6) is 0.555. The summed E-state index contributed by atoms with van der Waals surface area (Å²) in [6, 6.07) is 30.7. The smallest absolute Gasteiger partial charge is 0.224 e. The van der Waals surface area contributed by atoms with E-state index in [9.17, 15) is 19.5 Å². The van der Waals surface area contributed by atoms with Crippen LogP contribution in [0.1, 0.15) is 86.5 Å². The van der Waals surface area contributed by atoms with Gasteiger partial charge >= 0.3 is 0 Å². The number of amides is 3. The van der Waals surface area contributed by atoms with Gasteiger partial charge in [-0.15, -0.1) is 11.8 Å². The molecule has 0 spiro atoms. The van der Waals surface area contributed by atoms with E-state index in [-0.39, 0.29) is 36.5 Å². The third kappa shape index (κ3) is 12.2. The number of aliphatic hydroxyl groups excluding tert-OH is 1. The maximum Gasteiger partial charge on any atom is 0.224 e. The number of ether oxygens (including phenoxy) is 2. The highest BCUT2D eigenvalue weighted by molar-refractivity contribution is 7.99. The van der Waals surface area contributed by atoms with E-state index in [1.165, 1.54) is 6.92 Å². The molecule has 0 unspecified atom stereocenters. The zero-order valence-corrected chi connectivity index (χ0v) is 30.3. The van der Waals surface area contributed by atoms with Crippen LogP contribution >= 0.6 is 11.8 Å². The molecule has 3 atom stereocenters. The van der Waals surface area contributed by atoms with Gasteiger partial charge in [0.15, 0.2) is 6.29 Å². The van der Waals surface area contributed by atoms with E-state index in [0.29, 0.717) is 42.9 Å². The van der Waals surface area contributed by atoms with E-state index in [1.54, 1.807) is 23.9 Å². The largest absolute Gasteiger partial charge is 0.397 e. The van der Waals surface area contributed by atoms with Gasteiger partial charge in [-0.3, -0.25) is 14.4 Å². The monoisotopic (exact) mass is 724 g/mol. The predicted octanol–water partition coefficient (Wildman–Crippen LogP) is 7.65. The summed E-state index contributed by atoms with van der Waals surface area (Å²) >= 11 is 1.69. The van der Waals surface area contributed by atoms with Gasteiger partial charge in [-0.1, -0.05) is 73.5 Å². The van der Waals surface area contributed by atoms with Crippen molar-refractivity contribution in [1.82, 2.24) is 5.32 Å². The number of aliphatic hydroxyl groups is 1. The van der Waals surface area contributed by atoms with E-state index >= 15 is 0 Å². The van der Waals surface area contributed by atoms with Crippen LogP contribution in [0.3, 0.4) is 0 Å². The highest BCUT2D eigenvalue weighted by atomic mass is 32.2. The lowest BCUT2D eigenvalue weighted by Crippen LogP contribution is -2.31. The first-order chi connectivity index (χ1) is 25.2. The number of carbonyl (C=O) groups is 3. The third-order valence-corrected chi connectivity index (χ3v) is 9.90. The number of para-hydroxylation sites is 2. The van der Waals surface area contributed by atoms with Crippen molar-refractivity contribution in [3.8, 4) is 0 Å². The molecular formula is C41H48N4O6S. The molecular weight excluding hydrogens is 677 g/mol. The first kappa shape index (κ1) is 38.5. The Morgan fingerprint density at radius 1 is 0.769 bits per heavy atom. The van der Waals surface area contributed by atoms with Gasteiger partial charge in [-0.2, -0.15) is 0 Å². The van der Waals surface area contributed by atoms with Crippen LogP contribution in [0.25, 0.3) is 0 Å². The van der Waals surface area contributed by atoms with E-state index < -0.39 is 6.29 Å². The minimum Gasteiger partial charge on any atom is -0.397 e. The van der Waals surface area contributed by atoms with Gasteiger partial charge in [-0.05, 0) is 65.9 Å². The first-order valence-electron chi connectivity index (χ1n) is 17.8. The number of unbranched alkanes of at least 4 members (excludes halogenated alkanes) is 3. The number of nitrogens with two attached hydrogens (primary N) is 1. The van der Waals surface area contributed by atoms with Crippen LogP contribution in [0.15, 0.2) is 102 Å². The molecule has 0 aromatic heterocycles. The number of hydrogen-bond donors (Lipinski definition) is 5. The summed E-state index contributed by atoms with van der Waals surface area (Å²) in [5, 5.41) is 18.2. The van der Waals surface area contributed by atoms with Crippen molar-refractivity contribution < 1.29 is 29.0 Å². The fourth-order valence-electron chi connectivity index (χ4n) is 5.88. The highest BCUT2D eigenvalue weighted by Crippen LogP contribution is 2.39. The molecule has 3 amide bonds. The maximum absolute atomic E-state index is 12.5. The van der Waals surface area contributed by atoms with Gasteiger partial charge in [0, 0.05) is 54.6 Å². The van der Waals surface area contributed by atoms with Gasteiger partial charge in [0.2, 0.25) is 17.7 Å². The van der Waals surface area contributed by atoms with Crippen LogP contribution in [-0.4, -0.2) is 34.7 Å². The minimum atomic E-state index is -0.574. The Labute approximate surface area is 309 Å². The zero-order chi connectivity index (χ0) is 36.7. The third-order valence-electron chi connectivity index (χ3n) is 8.76. The number of hydrogen-bond acceptors (Lipinski definition) is 8. The van der Waals surface area contributed by atoms with Gasteiger partial charge in [0.05, 0.1) is 30.2 Å². The van der Waals surface area contributed by atoms with Crippen LogP contribution < -0.4 is 21.7 Å². The Kier molecular flexibility index (Phi) is 14.7. The number of anilines is 3. The average molecular weight is 725 g/mol. The molecule has 1 aliphatic heterocycles. The summed E-state index contributed by atoms with van der Waals surface area (Å²) in [4.78, 5) is 37.2. The molecule has 10 nitrogen and oxygen atoms in total. The first-order valence-corrected chi connectivity index (χ1v) is 18.7.